The highest BCUT2D eigenvalue weighted by Crippen LogP contribution is 2.68. The van der Waals surface area contributed by atoms with E-state index in [1.54, 1.807) is 0 Å². The average molecular weight is 469 g/mol. The second-order valence-corrected chi connectivity index (χ2v) is 12.8. The van der Waals surface area contributed by atoms with E-state index in [9.17, 15) is 30.6 Å². The summed E-state index contributed by atoms with van der Waals surface area (Å²) in [5.74, 6) is 1.29. The summed E-state index contributed by atoms with van der Waals surface area (Å²) in [5.41, 5.74) is -0.153. The second-order valence-electron chi connectivity index (χ2n) is 12.8. The number of hydrogen-bond donors (Lipinski definition) is 6. The lowest BCUT2D eigenvalue weighted by Gasteiger charge is -2.63. The van der Waals surface area contributed by atoms with Gasteiger partial charge in [0.15, 0.2) is 0 Å². The molecule has 0 aromatic rings. The third-order valence-corrected chi connectivity index (χ3v) is 11.5. The lowest BCUT2D eigenvalue weighted by atomic mass is 9.43. The summed E-state index contributed by atoms with van der Waals surface area (Å²) in [7, 11) is 0. The van der Waals surface area contributed by atoms with Crippen LogP contribution in [0.3, 0.4) is 0 Å². The molecule has 4 fully saturated rings. The van der Waals surface area contributed by atoms with Crippen molar-refractivity contribution >= 4 is 0 Å². The molecule has 0 amide bonds. The number of hydrogen-bond acceptors (Lipinski definition) is 6. The van der Waals surface area contributed by atoms with Gasteiger partial charge >= 0.3 is 0 Å². The number of rotatable bonds is 7. The molecule has 0 heterocycles. The standard InChI is InChI=1S/C27H48O6/c1-15(4-7-22(31)16(13-28)14-29)19-5-6-20-25-21(12-24(33)27(19,20)3)26(2)9-8-18(30)10-17(26)11-23(25)32/h15-25,28-33H,4-14H2,1-3H3/t15-,17+,18-,19-,20+,21+,22+,23-,24+,25+,26+,27-/m1/s1. The Morgan fingerprint density at radius 3 is 2.24 bits per heavy atom. The molecule has 0 saturated heterocycles. The molecular weight excluding hydrogens is 420 g/mol. The summed E-state index contributed by atoms with van der Waals surface area (Å²) in [6.45, 7) is 6.39. The van der Waals surface area contributed by atoms with Gasteiger partial charge in [-0.25, -0.2) is 0 Å². The first-order valence-corrected chi connectivity index (χ1v) is 13.5. The molecule has 192 valence electrons. The van der Waals surface area contributed by atoms with Crippen molar-refractivity contribution in [3.8, 4) is 0 Å². The summed E-state index contributed by atoms with van der Waals surface area (Å²) in [4.78, 5) is 0. The third-order valence-electron chi connectivity index (χ3n) is 11.5. The van der Waals surface area contributed by atoms with E-state index in [1.165, 1.54) is 0 Å². The minimum absolute atomic E-state index is 0.0862. The molecule has 0 bridgehead atoms. The van der Waals surface area contributed by atoms with Crippen molar-refractivity contribution in [3.05, 3.63) is 0 Å². The van der Waals surface area contributed by atoms with Gasteiger partial charge in [0.05, 0.1) is 37.6 Å². The van der Waals surface area contributed by atoms with Gasteiger partial charge in [-0.2, -0.15) is 0 Å². The van der Waals surface area contributed by atoms with Crippen LogP contribution in [0.1, 0.15) is 78.6 Å². The van der Waals surface area contributed by atoms with Crippen LogP contribution in [-0.4, -0.2) is 68.3 Å². The van der Waals surface area contributed by atoms with E-state index in [4.69, 9.17) is 0 Å². The maximum Gasteiger partial charge on any atom is 0.0612 e. The molecule has 4 aliphatic carbocycles. The van der Waals surface area contributed by atoms with Crippen LogP contribution in [0.4, 0.5) is 0 Å². The number of aliphatic hydroxyl groups is 6. The van der Waals surface area contributed by atoms with Gasteiger partial charge in [-0.05, 0) is 104 Å². The van der Waals surface area contributed by atoms with Gasteiger partial charge in [0.2, 0.25) is 0 Å². The highest BCUT2D eigenvalue weighted by Gasteiger charge is 2.65. The van der Waals surface area contributed by atoms with Gasteiger partial charge in [0.1, 0.15) is 0 Å². The van der Waals surface area contributed by atoms with Crippen molar-refractivity contribution in [1.29, 1.82) is 0 Å². The Morgan fingerprint density at radius 2 is 1.58 bits per heavy atom. The van der Waals surface area contributed by atoms with Crippen molar-refractivity contribution in [2.75, 3.05) is 13.2 Å². The summed E-state index contributed by atoms with van der Waals surface area (Å²) in [6, 6.07) is 0. The number of aliphatic hydroxyl groups excluding tert-OH is 6. The van der Waals surface area contributed by atoms with E-state index < -0.39 is 18.1 Å². The Hall–Kier alpha value is -0.240. The second kappa shape index (κ2) is 9.67. The minimum Gasteiger partial charge on any atom is -0.396 e. The van der Waals surface area contributed by atoms with E-state index in [1.807, 2.05) is 0 Å². The summed E-state index contributed by atoms with van der Waals surface area (Å²) in [5, 5.41) is 62.4. The highest BCUT2D eigenvalue weighted by molar-refractivity contribution is 5.14. The summed E-state index contributed by atoms with van der Waals surface area (Å²) >= 11 is 0. The van der Waals surface area contributed by atoms with Crippen LogP contribution >= 0.6 is 0 Å². The van der Waals surface area contributed by atoms with Gasteiger partial charge < -0.3 is 30.6 Å². The SMILES string of the molecule is C[C@H](CC[C@H](O)C(CO)CO)[C@H]1CC[C@H]2[C@@H]3[C@H](O)C[C@@H]4C[C@H](O)CC[C@]4(C)[C@H]3C[C@H](O)[C@]12C. The van der Waals surface area contributed by atoms with E-state index in [2.05, 4.69) is 20.8 Å². The molecule has 4 rings (SSSR count). The van der Waals surface area contributed by atoms with Crippen LogP contribution in [0.5, 0.6) is 0 Å². The molecule has 4 saturated carbocycles. The smallest absolute Gasteiger partial charge is 0.0612 e. The largest absolute Gasteiger partial charge is 0.396 e. The fourth-order valence-corrected chi connectivity index (χ4v) is 9.30. The van der Waals surface area contributed by atoms with Crippen molar-refractivity contribution in [2.45, 2.75) is 103 Å². The Balaban J connectivity index is 1.51. The first-order chi connectivity index (χ1) is 15.6. The predicted molar refractivity (Wildman–Crippen MR) is 126 cm³/mol. The van der Waals surface area contributed by atoms with Crippen molar-refractivity contribution in [1.82, 2.24) is 0 Å². The first kappa shape index (κ1) is 25.8. The number of fused-ring (bicyclic) bond motifs is 5. The normalized spacial score (nSPS) is 49.3. The third kappa shape index (κ3) is 4.21. The molecule has 0 aliphatic heterocycles. The topological polar surface area (TPSA) is 121 Å². The molecular formula is C27H48O6. The molecule has 6 N–H and O–H groups in total. The molecule has 33 heavy (non-hydrogen) atoms. The quantitative estimate of drug-likeness (QED) is 0.341. The Labute approximate surface area is 199 Å². The molecule has 6 nitrogen and oxygen atoms in total. The zero-order valence-electron chi connectivity index (χ0n) is 20.8. The van der Waals surface area contributed by atoms with Crippen LogP contribution < -0.4 is 0 Å². The van der Waals surface area contributed by atoms with E-state index in [-0.39, 0.29) is 42.2 Å². The van der Waals surface area contributed by atoms with Crippen LogP contribution in [0.25, 0.3) is 0 Å². The lowest BCUT2D eigenvalue weighted by molar-refractivity contribution is -0.207. The zero-order valence-corrected chi connectivity index (χ0v) is 20.8. The molecule has 4 aliphatic rings. The fourth-order valence-electron chi connectivity index (χ4n) is 9.30. The van der Waals surface area contributed by atoms with Crippen LogP contribution in [0.15, 0.2) is 0 Å². The summed E-state index contributed by atoms with van der Waals surface area (Å²) < 4.78 is 0. The molecule has 0 spiro atoms. The Kier molecular flexibility index (Phi) is 7.57. The maximum atomic E-state index is 11.6. The lowest BCUT2D eigenvalue weighted by Crippen LogP contribution is -2.62. The van der Waals surface area contributed by atoms with Gasteiger partial charge in [-0.1, -0.05) is 20.8 Å². The highest BCUT2D eigenvalue weighted by atomic mass is 16.3. The molecule has 0 unspecified atom stereocenters. The van der Waals surface area contributed by atoms with E-state index in [0.717, 1.165) is 51.4 Å². The molecule has 0 radical (unpaired) electrons. The van der Waals surface area contributed by atoms with Gasteiger partial charge in [0, 0.05) is 5.92 Å². The molecule has 0 aromatic heterocycles. The van der Waals surface area contributed by atoms with Crippen molar-refractivity contribution in [2.24, 2.45) is 52.3 Å². The molecule has 12 atom stereocenters. The minimum atomic E-state index is -0.716. The first-order valence-electron chi connectivity index (χ1n) is 13.5. The van der Waals surface area contributed by atoms with Crippen LogP contribution in [-0.2, 0) is 0 Å². The van der Waals surface area contributed by atoms with Gasteiger partial charge in [-0.3, -0.25) is 0 Å². The summed E-state index contributed by atoms with van der Waals surface area (Å²) in [6.07, 6.45) is 5.77. The zero-order chi connectivity index (χ0) is 24.1. The van der Waals surface area contributed by atoms with E-state index in [0.29, 0.717) is 36.0 Å². The maximum absolute atomic E-state index is 11.6. The van der Waals surface area contributed by atoms with Crippen LogP contribution in [0, 0.1) is 52.3 Å². The van der Waals surface area contributed by atoms with Crippen molar-refractivity contribution in [3.63, 3.8) is 0 Å². The predicted octanol–water partition coefficient (Wildman–Crippen LogP) is 2.33. The Bertz CT molecular complexity index is 669. The van der Waals surface area contributed by atoms with E-state index >= 15 is 0 Å². The Morgan fingerprint density at radius 1 is 0.879 bits per heavy atom. The van der Waals surface area contributed by atoms with Crippen LogP contribution in [0.2, 0.25) is 0 Å². The van der Waals surface area contributed by atoms with Gasteiger partial charge in [0.25, 0.3) is 0 Å². The van der Waals surface area contributed by atoms with Gasteiger partial charge in [-0.15, -0.1) is 0 Å². The monoisotopic (exact) mass is 468 g/mol. The molecule has 6 heteroatoms. The van der Waals surface area contributed by atoms with Crippen molar-refractivity contribution < 1.29 is 30.6 Å². The average Bonchev–Trinajstić information content (AvgIpc) is 3.13. The fraction of sp³-hybridized carbons (Fsp3) is 1.00. The molecule has 0 aromatic carbocycles.